The lowest BCUT2D eigenvalue weighted by Gasteiger charge is -2.40. The van der Waals surface area contributed by atoms with E-state index in [9.17, 15) is 13.2 Å². The van der Waals surface area contributed by atoms with Crippen LogP contribution >= 0.6 is 11.6 Å². The fourth-order valence-corrected chi connectivity index (χ4v) is 2.70. The molecule has 1 saturated heterocycles. The highest BCUT2D eigenvalue weighted by Gasteiger charge is 2.34. The molecule has 0 spiro atoms. The number of anilines is 1. The third-order valence-corrected chi connectivity index (χ3v) is 4.06. The maximum atomic E-state index is 12.9. The van der Waals surface area contributed by atoms with Gasteiger partial charge in [-0.1, -0.05) is 18.5 Å². The van der Waals surface area contributed by atoms with Crippen molar-refractivity contribution in [2.45, 2.75) is 38.5 Å². The number of rotatable bonds is 2. The van der Waals surface area contributed by atoms with Crippen LogP contribution in [-0.4, -0.2) is 25.2 Å². The maximum Gasteiger partial charge on any atom is 0.417 e. The van der Waals surface area contributed by atoms with Crippen LogP contribution < -0.4 is 10.2 Å². The zero-order valence-corrected chi connectivity index (χ0v) is 12.2. The van der Waals surface area contributed by atoms with Crippen molar-refractivity contribution in [1.82, 2.24) is 5.32 Å². The molecule has 112 valence electrons. The quantitative estimate of drug-likeness (QED) is 0.890. The van der Waals surface area contributed by atoms with Crippen molar-refractivity contribution in [2.75, 3.05) is 18.0 Å². The minimum Gasteiger partial charge on any atom is -0.366 e. The van der Waals surface area contributed by atoms with Crippen molar-refractivity contribution in [1.29, 1.82) is 0 Å². The average Bonchev–Trinajstić information content (AvgIpc) is 2.39. The molecule has 1 aromatic carbocycles. The van der Waals surface area contributed by atoms with Gasteiger partial charge in [-0.25, -0.2) is 0 Å². The van der Waals surface area contributed by atoms with E-state index >= 15 is 0 Å². The molecule has 1 aliphatic heterocycles. The second kappa shape index (κ2) is 5.82. The molecule has 2 unspecified atom stereocenters. The number of nitrogens with zero attached hydrogens (tertiary/aromatic N) is 1. The van der Waals surface area contributed by atoms with Crippen LogP contribution in [0.4, 0.5) is 18.9 Å². The van der Waals surface area contributed by atoms with Crippen molar-refractivity contribution in [3.05, 3.63) is 28.8 Å². The summed E-state index contributed by atoms with van der Waals surface area (Å²) in [4.78, 5) is 2.01. The van der Waals surface area contributed by atoms with Gasteiger partial charge in [0.2, 0.25) is 0 Å². The van der Waals surface area contributed by atoms with Gasteiger partial charge in [-0.2, -0.15) is 13.2 Å². The number of nitrogens with one attached hydrogen (secondary N) is 1. The van der Waals surface area contributed by atoms with E-state index in [0.29, 0.717) is 18.3 Å². The first-order valence-corrected chi connectivity index (χ1v) is 7.07. The summed E-state index contributed by atoms with van der Waals surface area (Å²) >= 11 is 5.66. The summed E-state index contributed by atoms with van der Waals surface area (Å²) in [6, 6.07) is 4.59. The van der Waals surface area contributed by atoms with Crippen LogP contribution in [0.25, 0.3) is 0 Å². The third-order valence-electron chi connectivity index (χ3n) is 3.73. The highest BCUT2D eigenvalue weighted by molar-refractivity contribution is 6.31. The van der Waals surface area contributed by atoms with E-state index in [1.165, 1.54) is 6.07 Å². The molecule has 6 heteroatoms. The second-order valence-electron chi connectivity index (χ2n) is 5.18. The lowest BCUT2D eigenvalue weighted by Crippen LogP contribution is -2.55. The van der Waals surface area contributed by atoms with Gasteiger partial charge in [0.15, 0.2) is 0 Å². The predicted molar refractivity (Wildman–Crippen MR) is 75.3 cm³/mol. The summed E-state index contributed by atoms with van der Waals surface area (Å²) in [7, 11) is 0. The van der Waals surface area contributed by atoms with Crippen molar-refractivity contribution in [3.8, 4) is 0 Å². The minimum atomic E-state index is -4.42. The summed E-state index contributed by atoms with van der Waals surface area (Å²) < 4.78 is 38.8. The standard InChI is InChI=1S/C14H18ClF3N2/c1-3-10-8-20(9(2)7-19-10)11-4-5-13(15)12(6-11)14(16,17)18/h4-6,9-10,19H,3,7-8H2,1-2H3. The molecule has 1 aromatic rings. The number of hydrogen-bond acceptors (Lipinski definition) is 2. The molecule has 1 fully saturated rings. The summed E-state index contributed by atoms with van der Waals surface area (Å²) in [6.45, 7) is 5.54. The number of piperazine rings is 1. The van der Waals surface area contributed by atoms with E-state index in [4.69, 9.17) is 11.6 Å². The number of halogens is 4. The maximum absolute atomic E-state index is 12.9. The van der Waals surface area contributed by atoms with Crippen LogP contribution in [0.1, 0.15) is 25.8 Å². The molecular weight excluding hydrogens is 289 g/mol. The minimum absolute atomic E-state index is 0.153. The van der Waals surface area contributed by atoms with E-state index in [1.54, 1.807) is 6.07 Å². The van der Waals surface area contributed by atoms with Crippen LogP contribution in [0.5, 0.6) is 0 Å². The summed E-state index contributed by atoms with van der Waals surface area (Å²) in [5.74, 6) is 0. The summed E-state index contributed by atoms with van der Waals surface area (Å²) in [5, 5.41) is 3.13. The Balaban J connectivity index is 2.32. The van der Waals surface area contributed by atoms with Gasteiger partial charge in [-0.3, -0.25) is 0 Å². The van der Waals surface area contributed by atoms with Crippen LogP contribution in [0.15, 0.2) is 18.2 Å². The SMILES string of the molecule is CCC1CN(c2ccc(Cl)c(C(F)(F)F)c2)C(C)CN1. The predicted octanol–water partition coefficient (Wildman–Crippen LogP) is 3.94. The number of hydrogen-bond donors (Lipinski definition) is 1. The smallest absolute Gasteiger partial charge is 0.366 e. The molecule has 0 amide bonds. The zero-order chi connectivity index (χ0) is 14.9. The van der Waals surface area contributed by atoms with Crippen molar-refractivity contribution in [3.63, 3.8) is 0 Å². The van der Waals surface area contributed by atoms with Gasteiger partial charge < -0.3 is 10.2 Å². The number of alkyl halides is 3. The molecule has 2 rings (SSSR count). The monoisotopic (exact) mass is 306 g/mol. The molecule has 2 atom stereocenters. The summed E-state index contributed by atoms with van der Waals surface area (Å²) in [5.41, 5.74) is -0.190. The van der Waals surface area contributed by atoms with Crippen LogP contribution in [0, 0.1) is 0 Å². The Morgan fingerprint density at radius 2 is 2.10 bits per heavy atom. The molecular formula is C14H18ClF3N2. The Labute approximate surface area is 121 Å². The fourth-order valence-electron chi connectivity index (χ4n) is 2.47. The molecule has 1 heterocycles. The third kappa shape index (κ3) is 3.20. The van der Waals surface area contributed by atoms with E-state index in [2.05, 4.69) is 12.2 Å². The zero-order valence-electron chi connectivity index (χ0n) is 11.5. The van der Waals surface area contributed by atoms with Crippen LogP contribution in [0.3, 0.4) is 0 Å². The molecule has 0 saturated carbocycles. The van der Waals surface area contributed by atoms with Crippen molar-refractivity contribution >= 4 is 17.3 Å². The fraction of sp³-hybridized carbons (Fsp3) is 0.571. The Bertz CT molecular complexity index is 476. The van der Waals surface area contributed by atoms with Gasteiger partial charge in [0.1, 0.15) is 0 Å². The molecule has 0 bridgehead atoms. The van der Waals surface area contributed by atoms with Gasteiger partial charge in [-0.15, -0.1) is 0 Å². The Kier molecular flexibility index (Phi) is 4.49. The van der Waals surface area contributed by atoms with E-state index in [0.717, 1.165) is 19.0 Å². The average molecular weight is 307 g/mol. The van der Waals surface area contributed by atoms with Crippen LogP contribution in [-0.2, 0) is 6.18 Å². The molecule has 2 nitrogen and oxygen atoms in total. The van der Waals surface area contributed by atoms with Gasteiger partial charge in [0.25, 0.3) is 0 Å². The van der Waals surface area contributed by atoms with E-state index in [1.807, 2.05) is 11.8 Å². The first-order valence-electron chi connectivity index (χ1n) is 6.69. The highest BCUT2D eigenvalue weighted by Crippen LogP contribution is 2.37. The van der Waals surface area contributed by atoms with Gasteiger partial charge >= 0.3 is 6.18 Å². The lowest BCUT2D eigenvalue weighted by molar-refractivity contribution is -0.137. The van der Waals surface area contributed by atoms with E-state index in [-0.39, 0.29) is 11.1 Å². The van der Waals surface area contributed by atoms with E-state index < -0.39 is 11.7 Å². The topological polar surface area (TPSA) is 15.3 Å². The normalized spacial score (nSPS) is 24.0. The van der Waals surface area contributed by atoms with Gasteiger partial charge in [0.05, 0.1) is 10.6 Å². The van der Waals surface area contributed by atoms with Crippen molar-refractivity contribution in [2.24, 2.45) is 0 Å². The molecule has 20 heavy (non-hydrogen) atoms. The molecule has 0 aliphatic carbocycles. The van der Waals surface area contributed by atoms with Crippen molar-refractivity contribution < 1.29 is 13.2 Å². The van der Waals surface area contributed by atoms with Crippen LogP contribution in [0.2, 0.25) is 5.02 Å². The largest absolute Gasteiger partial charge is 0.417 e. The Morgan fingerprint density at radius 3 is 2.70 bits per heavy atom. The molecule has 0 radical (unpaired) electrons. The highest BCUT2D eigenvalue weighted by atomic mass is 35.5. The van der Waals surface area contributed by atoms with Gasteiger partial charge in [-0.05, 0) is 31.5 Å². The van der Waals surface area contributed by atoms with Gasteiger partial charge in [0, 0.05) is 30.9 Å². The second-order valence-corrected chi connectivity index (χ2v) is 5.58. The molecule has 0 aromatic heterocycles. The lowest BCUT2D eigenvalue weighted by atomic mass is 10.1. The first-order chi connectivity index (χ1) is 9.32. The molecule has 1 N–H and O–H groups in total. The number of benzene rings is 1. The Morgan fingerprint density at radius 1 is 1.40 bits per heavy atom. The summed E-state index contributed by atoms with van der Waals surface area (Å²) in [6.07, 6.45) is -3.47. The first kappa shape index (κ1) is 15.4. The Hall–Kier alpha value is -0.940. The molecule has 1 aliphatic rings.